The van der Waals surface area contributed by atoms with Gasteiger partial charge >= 0.3 is 0 Å². The predicted octanol–water partition coefficient (Wildman–Crippen LogP) is 4.78. The average Bonchev–Trinajstić information content (AvgIpc) is 2.49. The first-order valence-electron chi connectivity index (χ1n) is 7.61. The van der Waals surface area contributed by atoms with E-state index in [1.165, 1.54) is 55.1 Å². The topological polar surface area (TPSA) is 3.24 Å². The third kappa shape index (κ3) is 2.66. The molecular formula is C18H23N. The lowest BCUT2D eigenvalue weighted by molar-refractivity contribution is 0.159. The summed E-state index contributed by atoms with van der Waals surface area (Å²) in [4.78, 5) is 2.67. The summed E-state index contributed by atoms with van der Waals surface area (Å²) in [7, 11) is 0. The fraction of sp³-hybridized carbons (Fsp3) is 0.444. The molecule has 1 unspecified atom stereocenters. The molecule has 0 aromatic heterocycles. The summed E-state index contributed by atoms with van der Waals surface area (Å²) < 4.78 is 0. The van der Waals surface area contributed by atoms with E-state index in [9.17, 15) is 0 Å². The van der Waals surface area contributed by atoms with Crippen molar-refractivity contribution >= 4 is 10.8 Å². The van der Waals surface area contributed by atoms with Crippen LogP contribution in [-0.4, -0.2) is 18.0 Å². The number of nitrogens with zero attached hydrogens (tertiary/aromatic N) is 1. The number of piperidine rings is 1. The highest BCUT2D eigenvalue weighted by Gasteiger charge is 2.20. The quantitative estimate of drug-likeness (QED) is 0.761. The molecule has 1 nitrogen and oxygen atoms in total. The van der Waals surface area contributed by atoms with Gasteiger partial charge in [0.2, 0.25) is 0 Å². The van der Waals surface area contributed by atoms with Crippen molar-refractivity contribution in [2.24, 2.45) is 0 Å². The molecule has 0 bridgehead atoms. The minimum absolute atomic E-state index is 0.602. The zero-order valence-corrected chi connectivity index (χ0v) is 11.8. The van der Waals surface area contributed by atoms with Gasteiger partial charge in [-0.25, -0.2) is 0 Å². The lowest BCUT2D eigenvalue weighted by atomic mass is 9.97. The molecule has 0 radical (unpaired) electrons. The van der Waals surface area contributed by atoms with Gasteiger partial charge in [-0.2, -0.15) is 0 Å². The standard InChI is InChI=1S/C18H23N/c1-2-18(19-12-6-3-7-13-19)17-11-10-15-8-4-5-9-16(15)14-17/h4-5,8-11,14,18H,2-3,6-7,12-13H2,1H3. The monoisotopic (exact) mass is 253 g/mol. The zero-order chi connectivity index (χ0) is 13.1. The third-order valence-corrected chi connectivity index (χ3v) is 4.38. The molecule has 1 heteroatoms. The number of rotatable bonds is 3. The highest BCUT2D eigenvalue weighted by atomic mass is 15.2. The van der Waals surface area contributed by atoms with Crippen LogP contribution < -0.4 is 0 Å². The number of benzene rings is 2. The van der Waals surface area contributed by atoms with Gasteiger partial charge in [-0.1, -0.05) is 49.7 Å². The maximum Gasteiger partial charge on any atom is 0.0345 e. The molecule has 0 spiro atoms. The molecule has 1 heterocycles. The van der Waals surface area contributed by atoms with Crippen LogP contribution in [0, 0.1) is 0 Å². The smallest absolute Gasteiger partial charge is 0.0345 e. The van der Waals surface area contributed by atoms with Crippen LogP contribution in [-0.2, 0) is 0 Å². The minimum atomic E-state index is 0.602. The molecule has 1 fully saturated rings. The average molecular weight is 253 g/mol. The first kappa shape index (κ1) is 12.7. The summed E-state index contributed by atoms with van der Waals surface area (Å²) >= 11 is 0. The Balaban J connectivity index is 1.91. The second kappa shape index (κ2) is 5.75. The SMILES string of the molecule is CCC(c1ccc2ccccc2c1)N1CCCCC1. The lowest BCUT2D eigenvalue weighted by Gasteiger charge is -2.34. The normalized spacial score (nSPS) is 18.6. The van der Waals surface area contributed by atoms with E-state index >= 15 is 0 Å². The maximum absolute atomic E-state index is 2.67. The number of hydrogen-bond donors (Lipinski definition) is 0. The molecule has 1 atom stereocenters. The first-order chi connectivity index (χ1) is 9.38. The summed E-state index contributed by atoms with van der Waals surface area (Å²) in [5.41, 5.74) is 1.49. The van der Waals surface area contributed by atoms with Gasteiger partial charge in [0.25, 0.3) is 0 Å². The third-order valence-electron chi connectivity index (χ3n) is 4.38. The largest absolute Gasteiger partial charge is 0.296 e. The van der Waals surface area contributed by atoms with E-state index in [4.69, 9.17) is 0 Å². The Morgan fingerprint density at radius 2 is 1.68 bits per heavy atom. The van der Waals surface area contributed by atoms with Crippen LogP contribution in [0.5, 0.6) is 0 Å². The summed E-state index contributed by atoms with van der Waals surface area (Å²) in [6.07, 6.45) is 5.34. The molecule has 1 aliphatic rings. The zero-order valence-electron chi connectivity index (χ0n) is 11.8. The van der Waals surface area contributed by atoms with Gasteiger partial charge in [0.05, 0.1) is 0 Å². The maximum atomic E-state index is 2.67. The Morgan fingerprint density at radius 1 is 0.947 bits per heavy atom. The summed E-state index contributed by atoms with van der Waals surface area (Å²) in [5, 5.41) is 2.72. The van der Waals surface area contributed by atoms with Crippen LogP contribution in [0.1, 0.15) is 44.2 Å². The number of hydrogen-bond acceptors (Lipinski definition) is 1. The number of likely N-dealkylation sites (tertiary alicyclic amines) is 1. The van der Waals surface area contributed by atoms with Crippen LogP contribution in [0.4, 0.5) is 0 Å². The van der Waals surface area contributed by atoms with E-state index in [1.54, 1.807) is 0 Å². The highest BCUT2D eigenvalue weighted by molar-refractivity contribution is 5.83. The second-order valence-corrected chi connectivity index (χ2v) is 5.63. The van der Waals surface area contributed by atoms with Gasteiger partial charge in [0.1, 0.15) is 0 Å². The second-order valence-electron chi connectivity index (χ2n) is 5.63. The Labute approximate surface area is 116 Å². The Kier molecular flexibility index (Phi) is 3.84. The van der Waals surface area contributed by atoms with Crippen molar-refractivity contribution in [3.8, 4) is 0 Å². The van der Waals surface area contributed by atoms with Crippen LogP contribution >= 0.6 is 0 Å². The number of fused-ring (bicyclic) bond motifs is 1. The fourth-order valence-corrected chi connectivity index (χ4v) is 3.35. The van der Waals surface area contributed by atoms with Crippen molar-refractivity contribution in [1.82, 2.24) is 4.90 Å². The minimum Gasteiger partial charge on any atom is -0.296 e. The molecule has 0 saturated carbocycles. The van der Waals surface area contributed by atoms with Gasteiger partial charge in [-0.3, -0.25) is 4.90 Å². The summed E-state index contributed by atoms with van der Waals surface area (Å²) in [6, 6.07) is 16.3. The van der Waals surface area contributed by atoms with Crippen molar-refractivity contribution < 1.29 is 0 Å². The predicted molar refractivity (Wildman–Crippen MR) is 82.4 cm³/mol. The van der Waals surface area contributed by atoms with E-state index in [1.807, 2.05) is 0 Å². The van der Waals surface area contributed by atoms with Gasteiger partial charge in [-0.15, -0.1) is 0 Å². The molecule has 0 aliphatic carbocycles. The van der Waals surface area contributed by atoms with E-state index in [-0.39, 0.29) is 0 Å². The molecule has 0 N–H and O–H groups in total. The molecule has 2 aromatic carbocycles. The Morgan fingerprint density at radius 3 is 2.42 bits per heavy atom. The van der Waals surface area contributed by atoms with Crippen LogP contribution in [0.2, 0.25) is 0 Å². The molecule has 1 aliphatic heterocycles. The molecule has 1 saturated heterocycles. The molecule has 100 valence electrons. The Bertz CT molecular complexity index is 540. The molecule has 2 aromatic rings. The van der Waals surface area contributed by atoms with Crippen molar-refractivity contribution in [1.29, 1.82) is 0 Å². The molecule has 19 heavy (non-hydrogen) atoms. The van der Waals surface area contributed by atoms with Crippen LogP contribution in [0.3, 0.4) is 0 Å². The van der Waals surface area contributed by atoms with Gasteiger partial charge in [-0.05, 0) is 54.8 Å². The van der Waals surface area contributed by atoms with Crippen molar-refractivity contribution in [3.05, 3.63) is 48.0 Å². The van der Waals surface area contributed by atoms with Gasteiger partial charge in [0.15, 0.2) is 0 Å². The van der Waals surface area contributed by atoms with E-state index in [0.29, 0.717) is 6.04 Å². The molecule has 3 rings (SSSR count). The fourth-order valence-electron chi connectivity index (χ4n) is 3.35. The van der Waals surface area contributed by atoms with Gasteiger partial charge < -0.3 is 0 Å². The van der Waals surface area contributed by atoms with Crippen molar-refractivity contribution in [3.63, 3.8) is 0 Å². The molecule has 0 amide bonds. The van der Waals surface area contributed by atoms with E-state index in [0.717, 1.165) is 0 Å². The first-order valence-corrected chi connectivity index (χ1v) is 7.61. The van der Waals surface area contributed by atoms with Crippen molar-refractivity contribution in [2.45, 2.75) is 38.6 Å². The van der Waals surface area contributed by atoms with Crippen LogP contribution in [0.25, 0.3) is 10.8 Å². The van der Waals surface area contributed by atoms with Crippen LogP contribution in [0.15, 0.2) is 42.5 Å². The summed E-state index contributed by atoms with van der Waals surface area (Å²) in [5.74, 6) is 0. The van der Waals surface area contributed by atoms with E-state index < -0.39 is 0 Å². The van der Waals surface area contributed by atoms with Gasteiger partial charge in [0, 0.05) is 6.04 Å². The van der Waals surface area contributed by atoms with E-state index in [2.05, 4.69) is 54.3 Å². The molecular weight excluding hydrogens is 230 g/mol. The van der Waals surface area contributed by atoms with Crippen molar-refractivity contribution in [2.75, 3.05) is 13.1 Å². The summed E-state index contributed by atoms with van der Waals surface area (Å²) in [6.45, 7) is 4.85. The highest BCUT2D eigenvalue weighted by Crippen LogP contribution is 2.29. The Hall–Kier alpha value is -1.34. The lowest BCUT2D eigenvalue weighted by Crippen LogP contribution is -2.33.